The Hall–Kier alpha value is -3.95. The lowest BCUT2D eigenvalue weighted by atomic mass is 10.0. The molecule has 1 N–H and O–H groups in total. The zero-order valence-corrected chi connectivity index (χ0v) is 19.4. The van der Waals surface area contributed by atoms with E-state index in [1.165, 1.54) is 12.1 Å². The summed E-state index contributed by atoms with van der Waals surface area (Å²) in [5.41, 5.74) is 2.71. The minimum atomic E-state index is -3.56. The van der Waals surface area contributed by atoms with Crippen LogP contribution in [0.2, 0.25) is 0 Å². The van der Waals surface area contributed by atoms with Crippen molar-refractivity contribution in [3.63, 3.8) is 0 Å². The lowest BCUT2D eigenvalue weighted by Crippen LogP contribution is -2.13. The van der Waals surface area contributed by atoms with Gasteiger partial charge in [0.25, 0.3) is 5.91 Å². The molecule has 2 aromatic heterocycles. The number of hydrogen-bond donors (Lipinski definition) is 1. The fourth-order valence-corrected chi connectivity index (χ4v) is 5.87. The first-order valence-electron chi connectivity index (χ1n) is 10.4. The predicted octanol–water partition coefficient (Wildman–Crippen LogP) is 4.98. The lowest BCUT2D eigenvalue weighted by Gasteiger charge is -2.09. The molecule has 0 unspecified atom stereocenters. The Labute approximate surface area is 200 Å². The molecule has 0 saturated carbocycles. The maximum absolute atomic E-state index is 13.2. The molecule has 0 atom stereocenters. The van der Waals surface area contributed by atoms with Gasteiger partial charge in [0.15, 0.2) is 9.84 Å². The van der Waals surface area contributed by atoms with Crippen LogP contribution in [0, 0.1) is 0 Å². The van der Waals surface area contributed by atoms with Gasteiger partial charge in [-0.05, 0) is 24.3 Å². The summed E-state index contributed by atoms with van der Waals surface area (Å²) in [4.78, 5) is 18.1. The Bertz CT molecular complexity index is 1580. The first-order valence-corrected chi connectivity index (χ1v) is 12.8. The smallest absolute Gasteiger partial charge is 0.258 e. The number of para-hydroxylation sites is 1. The molecule has 0 aliphatic rings. The third kappa shape index (κ3) is 4.57. The summed E-state index contributed by atoms with van der Waals surface area (Å²) >= 11 is 1.03. The van der Waals surface area contributed by atoms with Crippen LogP contribution in [-0.2, 0) is 15.6 Å². The Balaban J connectivity index is 1.42. The van der Waals surface area contributed by atoms with Crippen molar-refractivity contribution >= 4 is 43.1 Å². The molecule has 0 aliphatic heterocycles. The Kier molecular flexibility index (Phi) is 5.87. The van der Waals surface area contributed by atoms with Crippen LogP contribution in [0.3, 0.4) is 0 Å². The van der Waals surface area contributed by atoms with Crippen molar-refractivity contribution < 1.29 is 13.2 Å². The summed E-state index contributed by atoms with van der Waals surface area (Å²) in [6.45, 7) is 0. The van der Waals surface area contributed by atoms with Crippen molar-refractivity contribution in [1.29, 1.82) is 0 Å². The number of carbonyl (C=O) groups is 1. The molecule has 0 spiro atoms. The molecule has 0 fully saturated rings. The van der Waals surface area contributed by atoms with Crippen LogP contribution in [0.15, 0.2) is 95.9 Å². The lowest BCUT2D eigenvalue weighted by molar-refractivity contribution is 0.102. The Morgan fingerprint density at radius 3 is 2.29 bits per heavy atom. The van der Waals surface area contributed by atoms with Gasteiger partial charge in [-0.3, -0.25) is 10.1 Å². The second-order valence-electron chi connectivity index (χ2n) is 7.47. The highest BCUT2D eigenvalue weighted by Crippen LogP contribution is 2.27. The van der Waals surface area contributed by atoms with Crippen molar-refractivity contribution in [1.82, 2.24) is 15.2 Å². The molecule has 7 nitrogen and oxygen atoms in total. The number of aromatic nitrogens is 3. The maximum Gasteiger partial charge on any atom is 0.258 e. The zero-order chi connectivity index (χ0) is 23.5. The van der Waals surface area contributed by atoms with Crippen LogP contribution in [0.1, 0.15) is 15.4 Å². The van der Waals surface area contributed by atoms with E-state index in [0.717, 1.165) is 16.9 Å². The molecular formula is C25H18N4O3S2. The number of carbonyl (C=O) groups excluding carboxylic acids is 1. The topological polar surface area (TPSA) is 102 Å². The molecule has 0 saturated heterocycles. The largest absolute Gasteiger partial charge is 0.296 e. The molecule has 0 bridgehead atoms. The van der Waals surface area contributed by atoms with Gasteiger partial charge in [0.05, 0.1) is 21.7 Å². The standard InChI is InChI=1S/C25H18N4O3S2/c30-24(27-25-29-28-23(33-25)16-34(31,32)18-11-5-2-6-12-18)20-15-22(17-9-3-1-4-10-17)26-21-14-8-7-13-19(20)21/h1-15H,16H2,(H,27,29,30). The third-order valence-electron chi connectivity index (χ3n) is 5.13. The highest BCUT2D eigenvalue weighted by molar-refractivity contribution is 7.90. The van der Waals surface area contributed by atoms with Crippen molar-refractivity contribution in [2.75, 3.05) is 5.32 Å². The summed E-state index contributed by atoms with van der Waals surface area (Å²) in [6.07, 6.45) is 0. The van der Waals surface area contributed by atoms with E-state index < -0.39 is 9.84 Å². The van der Waals surface area contributed by atoms with E-state index in [-0.39, 0.29) is 21.7 Å². The van der Waals surface area contributed by atoms with Crippen LogP contribution in [-0.4, -0.2) is 29.5 Å². The van der Waals surface area contributed by atoms with E-state index in [1.807, 2.05) is 54.6 Å². The number of hydrogen-bond acceptors (Lipinski definition) is 7. The predicted molar refractivity (Wildman–Crippen MR) is 132 cm³/mol. The highest BCUT2D eigenvalue weighted by Gasteiger charge is 2.20. The molecule has 5 rings (SSSR count). The minimum Gasteiger partial charge on any atom is -0.296 e. The number of nitrogens with one attached hydrogen (secondary N) is 1. The average molecular weight is 487 g/mol. The molecule has 2 heterocycles. The quantitative estimate of drug-likeness (QED) is 0.363. The second-order valence-corrected chi connectivity index (χ2v) is 10.5. The van der Waals surface area contributed by atoms with E-state index in [1.54, 1.807) is 24.3 Å². The number of benzene rings is 3. The summed E-state index contributed by atoms with van der Waals surface area (Å²) in [6, 6.07) is 26.9. The van der Waals surface area contributed by atoms with E-state index in [4.69, 9.17) is 4.98 Å². The molecular weight excluding hydrogens is 468 g/mol. The first-order chi connectivity index (χ1) is 16.5. The van der Waals surface area contributed by atoms with Gasteiger partial charge >= 0.3 is 0 Å². The summed E-state index contributed by atoms with van der Waals surface area (Å²) in [5.74, 6) is -0.662. The van der Waals surface area contributed by atoms with Crippen molar-refractivity contribution in [3.8, 4) is 11.3 Å². The van der Waals surface area contributed by atoms with Gasteiger partial charge < -0.3 is 0 Å². The summed E-state index contributed by atoms with van der Waals surface area (Å²) < 4.78 is 25.2. The first kappa shape index (κ1) is 21.9. The fraction of sp³-hybridized carbons (Fsp3) is 0.0400. The van der Waals surface area contributed by atoms with E-state index in [2.05, 4.69) is 15.5 Å². The second kappa shape index (κ2) is 9.12. The van der Waals surface area contributed by atoms with Gasteiger partial charge in [-0.15, -0.1) is 10.2 Å². The van der Waals surface area contributed by atoms with Crippen LogP contribution < -0.4 is 5.32 Å². The number of anilines is 1. The molecule has 0 aliphatic carbocycles. The third-order valence-corrected chi connectivity index (χ3v) is 7.80. The monoisotopic (exact) mass is 486 g/mol. The molecule has 168 valence electrons. The number of amides is 1. The highest BCUT2D eigenvalue weighted by atomic mass is 32.2. The molecule has 9 heteroatoms. The van der Waals surface area contributed by atoms with Crippen LogP contribution >= 0.6 is 11.3 Å². The molecule has 5 aromatic rings. The summed E-state index contributed by atoms with van der Waals surface area (Å²) in [7, 11) is -3.56. The van der Waals surface area contributed by atoms with Crippen LogP contribution in [0.25, 0.3) is 22.2 Å². The molecule has 34 heavy (non-hydrogen) atoms. The number of fused-ring (bicyclic) bond motifs is 1. The SMILES string of the molecule is O=C(Nc1nnc(CS(=O)(=O)c2ccccc2)s1)c1cc(-c2ccccc2)nc2ccccc12. The number of rotatable bonds is 6. The number of pyridine rings is 1. The Morgan fingerprint density at radius 1 is 0.853 bits per heavy atom. The maximum atomic E-state index is 13.2. The van der Waals surface area contributed by atoms with Crippen molar-refractivity contribution in [3.05, 3.63) is 102 Å². The Morgan fingerprint density at radius 2 is 1.53 bits per heavy atom. The normalized spacial score (nSPS) is 11.4. The van der Waals surface area contributed by atoms with Gasteiger partial charge in [0.2, 0.25) is 5.13 Å². The average Bonchev–Trinajstić information content (AvgIpc) is 3.30. The molecule has 3 aromatic carbocycles. The molecule has 1 amide bonds. The van der Waals surface area contributed by atoms with Gasteiger partial charge in [-0.25, -0.2) is 13.4 Å². The van der Waals surface area contributed by atoms with Crippen molar-refractivity contribution in [2.45, 2.75) is 10.6 Å². The van der Waals surface area contributed by atoms with Crippen molar-refractivity contribution in [2.24, 2.45) is 0 Å². The minimum absolute atomic E-state index is 0.215. The van der Waals surface area contributed by atoms with Crippen LogP contribution in [0.5, 0.6) is 0 Å². The van der Waals surface area contributed by atoms with E-state index >= 15 is 0 Å². The van der Waals surface area contributed by atoms with E-state index in [9.17, 15) is 13.2 Å². The fourth-order valence-electron chi connectivity index (χ4n) is 3.52. The number of nitrogens with zero attached hydrogens (tertiary/aromatic N) is 3. The molecule has 0 radical (unpaired) electrons. The van der Waals surface area contributed by atoms with Gasteiger partial charge in [-0.1, -0.05) is 78.1 Å². The number of sulfone groups is 1. The van der Waals surface area contributed by atoms with E-state index in [0.29, 0.717) is 27.2 Å². The van der Waals surface area contributed by atoms with Gasteiger partial charge in [0, 0.05) is 10.9 Å². The van der Waals surface area contributed by atoms with Gasteiger partial charge in [-0.2, -0.15) is 0 Å². The summed E-state index contributed by atoms with van der Waals surface area (Å²) in [5, 5.41) is 11.9. The van der Waals surface area contributed by atoms with Crippen LogP contribution in [0.4, 0.5) is 5.13 Å². The van der Waals surface area contributed by atoms with Gasteiger partial charge in [0.1, 0.15) is 10.8 Å². The zero-order valence-electron chi connectivity index (χ0n) is 17.8.